The first-order valence-corrected chi connectivity index (χ1v) is 7.76. The van der Waals surface area contributed by atoms with Crippen molar-refractivity contribution in [2.24, 2.45) is 0 Å². The first-order valence-electron chi connectivity index (χ1n) is 7.76. The first kappa shape index (κ1) is 16.0. The Morgan fingerprint density at radius 3 is 2.46 bits per heavy atom. The maximum atomic E-state index is 12.2. The van der Waals surface area contributed by atoms with Crippen molar-refractivity contribution in [2.45, 2.75) is 20.5 Å². The normalized spacial score (nSPS) is 10.6. The lowest BCUT2D eigenvalue weighted by Gasteiger charge is -2.14. The second-order valence-electron chi connectivity index (χ2n) is 5.67. The molecule has 0 atom stereocenters. The Morgan fingerprint density at radius 2 is 1.75 bits per heavy atom. The van der Waals surface area contributed by atoms with E-state index in [4.69, 9.17) is 9.47 Å². The molecule has 0 N–H and O–H groups in total. The molecule has 0 radical (unpaired) electrons. The van der Waals surface area contributed by atoms with Crippen LogP contribution in [0.2, 0.25) is 0 Å². The molecule has 0 saturated heterocycles. The summed E-state index contributed by atoms with van der Waals surface area (Å²) in [6.07, 6.45) is 0. The predicted octanol–water partition coefficient (Wildman–Crippen LogP) is 4.22. The van der Waals surface area contributed by atoms with E-state index >= 15 is 0 Å². The van der Waals surface area contributed by atoms with E-state index in [1.54, 1.807) is 0 Å². The Kier molecular flexibility index (Phi) is 4.47. The molecule has 3 aromatic rings. The number of ether oxygens (including phenoxy) is 2. The molecule has 4 heteroatoms. The third-order valence-electron chi connectivity index (χ3n) is 4.01. The lowest BCUT2D eigenvalue weighted by Crippen LogP contribution is -2.13. The molecule has 1 heterocycles. The third-order valence-corrected chi connectivity index (χ3v) is 4.01. The average Bonchev–Trinajstić information content (AvgIpc) is 2.61. The van der Waals surface area contributed by atoms with E-state index in [1.165, 1.54) is 7.11 Å². The summed E-state index contributed by atoms with van der Waals surface area (Å²) in [5.41, 5.74) is 3.92. The van der Waals surface area contributed by atoms with Gasteiger partial charge in [-0.05, 0) is 37.6 Å². The second kappa shape index (κ2) is 6.71. The van der Waals surface area contributed by atoms with E-state index < -0.39 is 5.97 Å². The largest absolute Gasteiger partial charge is 0.487 e. The van der Waals surface area contributed by atoms with Crippen LogP contribution in [0.4, 0.5) is 0 Å². The van der Waals surface area contributed by atoms with Gasteiger partial charge in [-0.1, -0.05) is 35.9 Å². The smallest absolute Gasteiger partial charge is 0.340 e. The molecule has 122 valence electrons. The van der Waals surface area contributed by atoms with Gasteiger partial charge in [-0.3, -0.25) is 0 Å². The van der Waals surface area contributed by atoms with E-state index in [9.17, 15) is 4.79 Å². The van der Waals surface area contributed by atoms with Crippen molar-refractivity contribution in [3.63, 3.8) is 0 Å². The zero-order valence-corrected chi connectivity index (χ0v) is 14.0. The molecule has 0 amide bonds. The lowest BCUT2D eigenvalue weighted by atomic mass is 10.0. The molecule has 24 heavy (non-hydrogen) atoms. The number of methoxy groups -OCH3 is 1. The van der Waals surface area contributed by atoms with Crippen molar-refractivity contribution in [2.75, 3.05) is 7.11 Å². The number of hydrogen-bond acceptors (Lipinski definition) is 4. The van der Waals surface area contributed by atoms with Gasteiger partial charge in [-0.25, -0.2) is 9.78 Å². The van der Waals surface area contributed by atoms with Crippen molar-refractivity contribution in [3.8, 4) is 5.75 Å². The zero-order valence-electron chi connectivity index (χ0n) is 14.0. The number of hydrogen-bond donors (Lipinski definition) is 0. The highest BCUT2D eigenvalue weighted by molar-refractivity contribution is 5.98. The number of rotatable bonds is 4. The third kappa shape index (κ3) is 3.08. The van der Waals surface area contributed by atoms with Crippen LogP contribution in [0.25, 0.3) is 10.9 Å². The number of carbonyl (C=O) groups is 1. The van der Waals surface area contributed by atoms with Gasteiger partial charge in [0.2, 0.25) is 0 Å². The summed E-state index contributed by atoms with van der Waals surface area (Å²) < 4.78 is 10.8. The SMILES string of the molecule is COC(=O)c1c(COc2ccc(C)cc2)nc2ccccc2c1C. The van der Waals surface area contributed by atoms with E-state index in [0.29, 0.717) is 11.3 Å². The maximum Gasteiger partial charge on any atom is 0.340 e. The second-order valence-corrected chi connectivity index (χ2v) is 5.67. The number of para-hydroxylation sites is 1. The molecular formula is C20H19NO3. The molecule has 0 aliphatic carbocycles. The molecule has 2 aromatic carbocycles. The van der Waals surface area contributed by atoms with Crippen molar-refractivity contribution in [1.82, 2.24) is 4.98 Å². The Morgan fingerprint density at radius 1 is 1.04 bits per heavy atom. The minimum atomic E-state index is -0.395. The van der Waals surface area contributed by atoms with Crippen LogP contribution in [0.3, 0.4) is 0 Å². The first-order chi connectivity index (χ1) is 11.6. The van der Waals surface area contributed by atoms with Gasteiger partial charge in [0.25, 0.3) is 0 Å². The van der Waals surface area contributed by atoms with Crippen LogP contribution in [-0.2, 0) is 11.3 Å². The highest BCUT2D eigenvalue weighted by atomic mass is 16.5. The van der Waals surface area contributed by atoms with Crippen molar-refractivity contribution in [1.29, 1.82) is 0 Å². The van der Waals surface area contributed by atoms with E-state index in [1.807, 2.05) is 62.4 Å². The van der Waals surface area contributed by atoms with Crippen molar-refractivity contribution in [3.05, 3.63) is 70.9 Å². The van der Waals surface area contributed by atoms with Crippen molar-refractivity contribution >= 4 is 16.9 Å². The summed E-state index contributed by atoms with van der Waals surface area (Å²) in [4.78, 5) is 16.8. The number of carbonyl (C=O) groups excluding carboxylic acids is 1. The summed E-state index contributed by atoms with van der Waals surface area (Å²) in [5.74, 6) is 0.345. The van der Waals surface area contributed by atoms with Crippen LogP contribution in [0.5, 0.6) is 5.75 Å². The molecule has 0 spiro atoms. The molecule has 1 aromatic heterocycles. The van der Waals surface area contributed by atoms with Crippen LogP contribution in [0.15, 0.2) is 48.5 Å². The van der Waals surface area contributed by atoms with E-state index in [0.717, 1.165) is 27.8 Å². The van der Waals surface area contributed by atoms with Gasteiger partial charge < -0.3 is 9.47 Å². The van der Waals surface area contributed by atoms with Crippen LogP contribution in [-0.4, -0.2) is 18.1 Å². The highest BCUT2D eigenvalue weighted by Gasteiger charge is 2.19. The molecule has 4 nitrogen and oxygen atoms in total. The number of pyridine rings is 1. The van der Waals surface area contributed by atoms with Crippen LogP contribution < -0.4 is 4.74 Å². The van der Waals surface area contributed by atoms with Gasteiger partial charge in [0.1, 0.15) is 12.4 Å². The van der Waals surface area contributed by atoms with E-state index in [-0.39, 0.29) is 6.61 Å². The number of aromatic nitrogens is 1. The number of esters is 1. The zero-order chi connectivity index (χ0) is 17.1. The van der Waals surface area contributed by atoms with Gasteiger partial charge in [0, 0.05) is 5.39 Å². The molecular weight excluding hydrogens is 302 g/mol. The molecule has 0 saturated carbocycles. The molecule has 0 aliphatic rings. The molecule has 0 aliphatic heterocycles. The highest BCUT2D eigenvalue weighted by Crippen LogP contribution is 2.24. The Balaban J connectivity index is 2.01. The number of aryl methyl sites for hydroxylation is 2. The fraction of sp³-hybridized carbons (Fsp3) is 0.200. The summed E-state index contributed by atoms with van der Waals surface area (Å²) >= 11 is 0. The monoisotopic (exact) mass is 321 g/mol. The lowest BCUT2D eigenvalue weighted by molar-refractivity contribution is 0.0596. The van der Waals surface area contributed by atoms with Crippen LogP contribution >= 0.6 is 0 Å². The summed E-state index contributed by atoms with van der Waals surface area (Å²) in [6, 6.07) is 15.5. The summed E-state index contributed by atoms with van der Waals surface area (Å²) in [6.45, 7) is 4.14. The standard InChI is InChI=1S/C20H19NO3/c1-13-8-10-15(11-9-13)24-12-18-19(20(22)23-3)14(2)16-6-4-5-7-17(16)21-18/h4-11H,12H2,1-3H3. The Labute approximate surface area is 141 Å². The fourth-order valence-corrected chi connectivity index (χ4v) is 2.70. The van der Waals surface area contributed by atoms with Crippen LogP contribution in [0, 0.1) is 13.8 Å². The molecule has 0 bridgehead atoms. The van der Waals surface area contributed by atoms with Crippen molar-refractivity contribution < 1.29 is 14.3 Å². The maximum absolute atomic E-state index is 12.2. The number of benzene rings is 2. The average molecular weight is 321 g/mol. The van der Waals surface area contributed by atoms with Gasteiger partial charge in [0.15, 0.2) is 0 Å². The van der Waals surface area contributed by atoms with Gasteiger partial charge in [-0.2, -0.15) is 0 Å². The summed E-state index contributed by atoms with van der Waals surface area (Å²) in [5, 5.41) is 0.942. The Bertz CT molecular complexity index is 885. The summed E-state index contributed by atoms with van der Waals surface area (Å²) in [7, 11) is 1.38. The minimum absolute atomic E-state index is 0.208. The molecule has 0 unspecified atom stereocenters. The van der Waals surface area contributed by atoms with E-state index in [2.05, 4.69) is 4.98 Å². The fourth-order valence-electron chi connectivity index (χ4n) is 2.70. The topological polar surface area (TPSA) is 48.4 Å². The predicted molar refractivity (Wildman–Crippen MR) is 93.3 cm³/mol. The number of nitrogens with zero attached hydrogens (tertiary/aromatic N) is 1. The molecule has 3 rings (SSSR count). The molecule has 0 fully saturated rings. The Hall–Kier alpha value is -2.88. The quantitative estimate of drug-likeness (QED) is 0.675. The van der Waals surface area contributed by atoms with Crippen LogP contribution in [0.1, 0.15) is 27.2 Å². The van der Waals surface area contributed by atoms with Gasteiger partial charge >= 0.3 is 5.97 Å². The number of fused-ring (bicyclic) bond motifs is 1. The minimum Gasteiger partial charge on any atom is -0.487 e. The van der Waals surface area contributed by atoms with Gasteiger partial charge in [-0.15, -0.1) is 0 Å². The van der Waals surface area contributed by atoms with Gasteiger partial charge in [0.05, 0.1) is 23.9 Å².